The van der Waals surface area contributed by atoms with Gasteiger partial charge in [0.1, 0.15) is 41.9 Å². The number of aromatic nitrogens is 4. The normalized spacial score (nSPS) is 22.4. The number of fused-ring (bicyclic) bond motifs is 1. The van der Waals surface area contributed by atoms with Gasteiger partial charge in [0.05, 0.1) is 22.2 Å². The molecule has 0 bridgehead atoms. The molecule has 19 nitrogen and oxygen atoms in total. The monoisotopic (exact) mass is 556 g/mol. The van der Waals surface area contributed by atoms with Crippen molar-refractivity contribution in [3.63, 3.8) is 0 Å². The quantitative estimate of drug-likeness (QED) is 0.107. The lowest BCUT2D eigenvalue weighted by Crippen LogP contribution is -2.40. The molecule has 0 aliphatic carbocycles. The lowest BCUT2D eigenvalue weighted by Gasteiger charge is -2.26. The molecule has 38 heavy (non-hydrogen) atoms. The number of phosphoric ester groups is 1. The Morgan fingerprint density at radius 2 is 1.92 bits per heavy atom. The zero-order chi connectivity index (χ0) is 27.8. The van der Waals surface area contributed by atoms with E-state index in [1.54, 1.807) is 0 Å². The lowest BCUT2D eigenvalue weighted by atomic mass is 10.0. The Morgan fingerprint density at radius 3 is 2.58 bits per heavy atom. The van der Waals surface area contributed by atoms with Gasteiger partial charge in [0.15, 0.2) is 17.7 Å². The fourth-order valence-corrected chi connectivity index (χ4v) is 4.59. The molecule has 4 rings (SSSR count). The van der Waals surface area contributed by atoms with E-state index in [2.05, 4.69) is 20.3 Å². The van der Waals surface area contributed by atoms with Crippen LogP contribution in [0.2, 0.25) is 0 Å². The average molecular weight is 556 g/mol. The number of anilines is 2. The lowest BCUT2D eigenvalue weighted by molar-refractivity contribution is -0.393. The maximum atomic E-state index is 11.6. The van der Waals surface area contributed by atoms with Crippen LogP contribution in [0.5, 0.6) is 0 Å². The summed E-state index contributed by atoms with van der Waals surface area (Å²) in [4.78, 5) is 51.3. The van der Waals surface area contributed by atoms with Crippen LogP contribution >= 0.6 is 7.82 Å². The Labute approximate surface area is 211 Å². The number of phosphoric acid groups is 1. The van der Waals surface area contributed by atoms with Crippen LogP contribution in [0.1, 0.15) is 12.6 Å². The molecule has 1 fully saturated rings. The fraction of sp³-hybridized carbons (Fsp3) is 0.389. The fourth-order valence-electron chi connectivity index (χ4n) is 4.02. The zero-order valence-corrected chi connectivity index (χ0v) is 19.9. The Morgan fingerprint density at radius 1 is 1.18 bits per heavy atom. The molecule has 7 N–H and O–H groups in total. The van der Waals surface area contributed by atoms with Crippen LogP contribution in [0.25, 0.3) is 11.2 Å². The Hall–Kier alpha value is -3.84. The predicted molar refractivity (Wildman–Crippen MR) is 125 cm³/mol. The molecular formula is C18H21N8O11P. The van der Waals surface area contributed by atoms with Crippen LogP contribution in [0.3, 0.4) is 0 Å². The summed E-state index contributed by atoms with van der Waals surface area (Å²) < 4.78 is 23.4. The molecule has 0 spiro atoms. The highest BCUT2D eigenvalue weighted by Gasteiger charge is 2.49. The van der Waals surface area contributed by atoms with Gasteiger partial charge in [-0.2, -0.15) is 0 Å². The summed E-state index contributed by atoms with van der Waals surface area (Å²) in [6.45, 7) is -0.214. The van der Waals surface area contributed by atoms with Crippen LogP contribution in [0.15, 0.2) is 30.9 Å². The summed E-state index contributed by atoms with van der Waals surface area (Å²) in [7, 11) is -5.14. The molecule has 1 aliphatic heterocycles. The molecule has 1 unspecified atom stereocenters. The first-order chi connectivity index (χ1) is 17.9. The molecule has 2 aromatic heterocycles. The summed E-state index contributed by atoms with van der Waals surface area (Å²) in [6, 6.07) is 2.89. The first-order valence-electron chi connectivity index (χ1n) is 10.7. The van der Waals surface area contributed by atoms with Crippen molar-refractivity contribution in [2.45, 2.75) is 37.1 Å². The minimum Gasteiger partial charge on any atom is -0.387 e. The molecular weight excluding hydrogens is 535 g/mol. The highest BCUT2D eigenvalue weighted by Crippen LogP contribution is 2.43. The number of hydrogen-bond acceptors (Lipinski definition) is 14. The van der Waals surface area contributed by atoms with Crippen LogP contribution in [-0.4, -0.2) is 80.3 Å². The smallest absolute Gasteiger partial charge is 0.387 e. The predicted octanol–water partition coefficient (Wildman–Crippen LogP) is -0.176. The molecule has 1 saturated heterocycles. The number of ether oxygens (including phenoxy) is 1. The number of nitro benzene ring substituents is 2. The van der Waals surface area contributed by atoms with Crippen molar-refractivity contribution >= 4 is 41.9 Å². The third-order valence-electron chi connectivity index (χ3n) is 5.71. The number of aliphatic hydroxyl groups is 2. The second-order valence-electron chi connectivity index (χ2n) is 8.12. The summed E-state index contributed by atoms with van der Waals surface area (Å²) in [6.07, 6.45) is -5.53. The van der Waals surface area contributed by atoms with Gasteiger partial charge in [-0.15, -0.1) is 0 Å². The SMILES string of the molecule is Nc1ncnc2c1ncn2[C@@H]1O[C@H](C(CCNc2ccc([N+](=O)[O-])cc2[N+](=O)[O-])OP(=O)(O)O)[C@@H](O)[C@H]1O. The maximum absolute atomic E-state index is 11.6. The number of aliphatic hydroxyl groups excluding tert-OH is 2. The van der Waals surface area contributed by atoms with Crippen LogP contribution in [0, 0.1) is 20.2 Å². The molecule has 3 aromatic rings. The van der Waals surface area contributed by atoms with E-state index < -0.39 is 59.7 Å². The molecule has 5 atom stereocenters. The van der Waals surface area contributed by atoms with Gasteiger partial charge >= 0.3 is 7.82 Å². The Bertz CT molecular complexity index is 1410. The summed E-state index contributed by atoms with van der Waals surface area (Å²) in [5.41, 5.74) is 4.90. The minimum atomic E-state index is -5.14. The number of nitrogen functional groups attached to an aromatic ring is 1. The Balaban J connectivity index is 1.54. The van der Waals surface area contributed by atoms with Crippen molar-refractivity contribution in [2.24, 2.45) is 0 Å². The van der Waals surface area contributed by atoms with Crippen LogP contribution < -0.4 is 11.1 Å². The van der Waals surface area contributed by atoms with Gasteiger partial charge in [0, 0.05) is 12.6 Å². The second-order valence-corrected chi connectivity index (χ2v) is 9.31. The van der Waals surface area contributed by atoms with Gasteiger partial charge in [-0.25, -0.2) is 19.5 Å². The molecule has 0 amide bonds. The summed E-state index contributed by atoms with van der Waals surface area (Å²) >= 11 is 0. The van der Waals surface area contributed by atoms with E-state index in [-0.39, 0.29) is 35.6 Å². The van der Waals surface area contributed by atoms with Crippen molar-refractivity contribution < 1.29 is 43.7 Å². The average Bonchev–Trinajstić information content (AvgIpc) is 3.39. The zero-order valence-electron chi connectivity index (χ0n) is 19.0. The summed E-state index contributed by atoms with van der Waals surface area (Å²) in [5, 5.41) is 46.2. The second kappa shape index (κ2) is 10.5. The van der Waals surface area contributed by atoms with Crippen molar-refractivity contribution in [3.8, 4) is 0 Å². The highest BCUT2D eigenvalue weighted by atomic mass is 31.2. The van der Waals surface area contributed by atoms with Gasteiger partial charge in [0.2, 0.25) is 0 Å². The molecule has 20 heteroatoms. The molecule has 1 aromatic carbocycles. The van der Waals surface area contributed by atoms with E-state index in [0.29, 0.717) is 0 Å². The van der Waals surface area contributed by atoms with E-state index in [1.807, 2.05) is 0 Å². The molecule has 0 radical (unpaired) electrons. The summed E-state index contributed by atoms with van der Waals surface area (Å²) in [5.74, 6) is 0.0486. The van der Waals surface area contributed by atoms with Gasteiger partial charge in [0.25, 0.3) is 11.4 Å². The van der Waals surface area contributed by atoms with Gasteiger partial charge in [-0.1, -0.05) is 0 Å². The number of imidazole rings is 1. The standard InChI is InChI=1S/C18H21N8O11P/c19-16-12-17(22-6-21-16)24(7-23-12)18-14(28)13(27)15(36-18)11(37-38(33,34)35)3-4-20-9-2-1-8(25(29)30)5-10(9)26(31)32/h1-2,5-7,11,13-15,18,20,27-28H,3-4H2,(H2,19,21,22)(H2,33,34,35)/t11?,13-,14+,15+,18+/m0/s1. The number of nitrogens with zero attached hydrogens (tertiary/aromatic N) is 6. The highest BCUT2D eigenvalue weighted by molar-refractivity contribution is 7.46. The van der Waals surface area contributed by atoms with Gasteiger partial charge < -0.3 is 35.8 Å². The topological polar surface area (TPSA) is 284 Å². The van der Waals surface area contributed by atoms with E-state index in [4.69, 9.17) is 15.0 Å². The number of rotatable bonds is 10. The van der Waals surface area contributed by atoms with Gasteiger partial charge in [-0.05, 0) is 12.5 Å². The molecule has 1 aliphatic rings. The molecule has 204 valence electrons. The van der Waals surface area contributed by atoms with Crippen molar-refractivity contribution in [2.75, 3.05) is 17.6 Å². The van der Waals surface area contributed by atoms with Crippen molar-refractivity contribution in [1.29, 1.82) is 0 Å². The number of nitrogens with two attached hydrogens (primary N) is 1. The largest absolute Gasteiger partial charge is 0.469 e. The molecule has 3 heterocycles. The van der Waals surface area contributed by atoms with Crippen LogP contribution in [-0.2, 0) is 13.8 Å². The van der Waals surface area contributed by atoms with Crippen LogP contribution in [0.4, 0.5) is 22.9 Å². The Kier molecular flexibility index (Phi) is 7.51. The van der Waals surface area contributed by atoms with E-state index in [9.17, 15) is 44.8 Å². The van der Waals surface area contributed by atoms with Crippen molar-refractivity contribution in [1.82, 2.24) is 19.5 Å². The molecule has 0 saturated carbocycles. The minimum absolute atomic E-state index is 0.0486. The van der Waals surface area contributed by atoms with E-state index >= 15 is 0 Å². The first kappa shape index (κ1) is 27.2. The maximum Gasteiger partial charge on any atom is 0.469 e. The first-order valence-corrected chi connectivity index (χ1v) is 12.3. The third kappa shape index (κ3) is 5.53. The number of benzene rings is 1. The number of nitro groups is 2. The number of hydrogen-bond donors (Lipinski definition) is 6. The van der Waals surface area contributed by atoms with Crippen molar-refractivity contribution in [3.05, 3.63) is 51.1 Å². The number of non-ortho nitro benzene ring substituents is 1. The third-order valence-corrected chi connectivity index (χ3v) is 6.25. The van der Waals surface area contributed by atoms with Gasteiger partial charge in [-0.3, -0.25) is 29.3 Å². The number of nitrogens with one attached hydrogen (secondary N) is 1. The van der Waals surface area contributed by atoms with E-state index in [1.165, 1.54) is 10.9 Å². The van der Waals surface area contributed by atoms with E-state index in [0.717, 1.165) is 24.5 Å².